The average molecular weight is 429 g/mol. The van der Waals surface area contributed by atoms with E-state index in [4.69, 9.17) is 19.9 Å². The predicted molar refractivity (Wildman–Crippen MR) is 96.1 cm³/mol. The van der Waals surface area contributed by atoms with Gasteiger partial charge in [0.25, 0.3) is 5.90 Å². The first-order chi connectivity index (χ1) is 13.6. The molecule has 0 saturated carbocycles. The molecular formula is C16H19N3O9S. The van der Waals surface area contributed by atoms with E-state index >= 15 is 0 Å². The van der Waals surface area contributed by atoms with Gasteiger partial charge in [-0.3, -0.25) is 19.3 Å². The molecule has 1 unspecified atom stereocenters. The number of hydrogen-bond donors (Lipinski definition) is 2. The monoisotopic (exact) mass is 429 g/mol. The molecule has 0 fully saturated rings. The van der Waals surface area contributed by atoms with Crippen molar-refractivity contribution in [2.75, 3.05) is 26.7 Å². The van der Waals surface area contributed by atoms with Gasteiger partial charge >= 0.3 is 11.9 Å². The number of sulfone groups is 1. The summed E-state index contributed by atoms with van der Waals surface area (Å²) in [6.07, 6.45) is -0.388. The molecule has 158 valence electrons. The molecule has 0 aromatic heterocycles. The molecule has 1 aromatic rings. The highest BCUT2D eigenvalue weighted by Crippen LogP contribution is 2.24. The van der Waals surface area contributed by atoms with Crippen LogP contribution < -0.4 is 0 Å². The minimum absolute atomic E-state index is 0.0174. The van der Waals surface area contributed by atoms with E-state index in [-0.39, 0.29) is 23.8 Å². The van der Waals surface area contributed by atoms with Crippen LogP contribution in [-0.4, -0.2) is 84.5 Å². The van der Waals surface area contributed by atoms with Crippen LogP contribution in [-0.2, 0) is 33.9 Å². The molecule has 0 spiro atoms. The van der Waals surface area contributed by atoms with E-state index in [2.05, 4.69) is 5.16 Å². The maximum Gasteiger partial charge on any atom is 0.323 e. The zero-order chi connectivity index (χ0) is 21.6. The summed E-state index contributed by atoms with van der Waals surface area (Å²) in [6, 6.07) is 7.57. The number of carboxylic acids is 2. The molecule has 1 heterocycles. The van der Waals surface area contributed by atoms with E-state index in [0.717, 1.165) is 5.06 Å². The highest BCUT2D eigenvalue weighted by Gasteiger charge is 2.43. The van der Waals surface area contributed by atoms with Gasteiger partial charge in [0, 0.05) is 7.05 Å². The standard InChI is InChI=1S/C16H19N3O9S/c1-18-16(29(25,26)11-5-3-2-4-6-11)15(17-28-18)27-8-7-12(20)19(9-13(21)22)10-14(23)24/h2-6,16H,7-10H2,1H3,(H,21,22)(H,23,24). The largest absolute Gasteiger partial charge is 0.480 e. The molecule has 0 aliphatic carbocycles. The van der Waals surface area contributed by atoms with E-state index in [0.29, 0.717) is 4.90 Å². The van der Waals surface area contributed by atoms with Gasteiger partial charge in [0.2, 0.25) is 21.1 Å². The fourth-order valence-corrected chi connectivity index (χ4v) is 4.07. The Balaban J connectivity index is 2.03. The predicted octanol–water partition coefficient (Wildman–Crippen LogP) is -0.619. The minimum Gasteiger partial charge on any atom is -0.480 e. The molecule has 1 aliphatic rings. The van der Waals surface area contributed by atoms with Crippen LogP contribution in [0.4, 0.5) is 0 Å². The first-order valence-electron chi connectivity index (χ1n) is 8.24. The van der Waals surface area contributed by atoms with E-state index in [1.54, 1.807) is 18.2 Å². The zero-order valence-electron chi connectivity index (χ0n) is 15.3. The van der Waals surface area contributed by atoms with Crippen molar-refractivity contribution in [3.8, 4) is 0 Å². The Bertz CT molecular complexity index is 885. The van der Waals surface area contributed by atoms with Gasteiger partial charge in [0.05, 0.1) is 17.9 Å². The maximum atomic E-state index is 12.8. The van der Waals surface area contributed by atoms with Gasteiger partial charge in [0.1, 0.15) is 13.1 Å². The number of benzene rings is 1. The highest BCUT2D eigenvalue weighted by molar-refractivity contribution is 7.92. The Morgan fingerprint density at radius 1 is 1.17 bits per heavy atom. The van der Waals surface area contributed by atoms with Crippen molar-refractivity contribution in [3.63, 3.8) is 0 Å². The van der Waals surface area contributed by atoms with E-state index in [9.17, 15) is 22.8 Å². The summed E-state index contributed by atoms with van der Waals surface area (Å²) in [5, 5.41) is 20.7. The van der Waals surface area contributed by atoms with Crippen LogP contribution in [0.25, 0.3) is 0 Å². The van der Waals surface area contributed by atoms with Crippen molar-refractivity contribution in [3.05, 3.63) is 30.3 Å². The number of carbonyl (C=O) groups excluding carboxylic acids is 1. The molecule has 29 heavy (non-hydrogen) atoms. The average Bonchev–Trinajstić information content (AvgIpc) is 3.02. The maximum absolute atomic E-state index is 12.8. The Morgan fingerprint density at radius 3 is 2.31 bits per heavy atom. The summed E-state index contributed by atoms with van der Waals surface area (Å²) in [7, 11) is -2.60. The second-order valence-electron chi connectivity index (χ2n) is 5.90. The van der Waals surface area contributed by atoms with Crippen LogP contribution in [0.15, 0.2) is 40.4 Å². The summed E-state index contributed by atoms with van der Waals surface area (Å²) in [5.74, 6) is -3.83. The molecule has 2 N–H and O–H groups in total. The lowest BCUT2D eigenvalue weighted by Crippen LogP contribution is -2.41. The van der Waals surface area contributed by atoms with Gasteiger partial charge in [-0.25, -0.2) is 8.42 Å². The number of oxime groups is 1. The molecular weight excluding hydrogens is 410 g/mol. The zero-order valence-corrected chi connectivity index (χ0v) is 16.1. The molecule has 1 atom stereocenters. The Kier molecular flexibility index (Phi) is 7.12. The van der Waals surface area contributed by atoms with Crippen LogP contribution >= 0.6 is 0 Å². The third-order valence-electron chi connectivity index (χ3n) is 3.74. The molecule has 13 heteroatoms. The van der Waals surface area contributed by atoms with Gasteiger partial charge in [-0.15, -0.1) is 0 Å². The minimum atomic E-state index is -3.94. The smallest absolute Gasteiger partial charge is 0.323 e. The van der Waals surface area contributed by atoms with Gasteiger partial charge in [-0.1, -0.05) is 23.3 Å². The number of carboxylic acid groups (broad SMARTS) is 2. The van der Waals surface area contributed by atoms with Crippen LogP contribution in [0.1, 0.15) is 6.42 Å². The van der Waals surface area contributed by atoms with Gasteiger partial charge in [0.15, 0.2) is 0 Å². The summed E-state index contributed by atoms with van der Waals surface area (Å²) in [4.78, 5) is 39.1. The molecule has 2 rings (SSSR count). The molecule has 1 aromatic carbocycles. The van der Waals surface area contributed by atoms with Crippen molar-refractivity contribution in [2.24, 2.45) is 5.16 Å². The third-order valence-corrected chi connectivity index (χ3v) is 5.75. The van der Waals surface area contributed by atoms with Gasteiger partial charge < -0.3 is 19.8 Å². The van der Waals surface area contributed by atoms with Crippen molar-refractivity contribution in [1.29, 1.82) is 0 Å². The Morgan fingerprint density at radius 2 is 1.76 bits per heavy atom. The third kappa shape index (κ3) is 5.65. The Hall–Kier alpha value is -3.19. The number of rotatable bonds is 9. The number of hydrogen-bond acceptors (Lipinski definition) is 9. The van der Waals surface area contributed by atoms with Crippen molar-refractivity contribution in [2.45, 2.75) is 16.7 Å². The van der Waals surface area contributed by atoms with Crippen molar-refractivity contribution >= 4 is 33.6 Å². The lowest BCUT2D eigenvalue weighted by atomic mass is 10.3. The fourth-order valence-electron chi connectivity index (χ4n) is 2.47. The molecule has 12 nitrogen and oxygen atoms in total. The molecule has 1 amide bonds. The van der Waals surface area contributed by atoms with Gasteiger partial charge in [-0.2, -0.15) is 0 Å². The summed E-state index contributed by atoms with van der Waals surface area (Å²) in [6.45, 7) is -1.93. The van der Waals surface area contributed by atoms with Gasteiger partial charge in [-0.05, 0) is 17.3 Å². The van der Waals surface area contributed by atoms with Crippen molar-refractivity contribution < 1.29 is 42.7 Å². The molecule has 0 saturated heterocycles. The lowest BCUT2D eigenvalue weighted by Gasteiger charge is -2.20. The van der Waals surface area contributed by atoms with E-state index in [1.165, 1.54) is 19.2 Å². The first kappa shape index (κ1) is 22.1. The summed E-state index contributed by atoms with van der Waals surface area (Å²) < 4.78 is 30.9. The normalized spacial score (nSPS) is 16.6. The van der Waals surface area contributed by atoms with Crippen LogP contribution in [0.2, 0.25) is 0 Å². The summed E-state index contributed by atoms with van der Waals surface area (Å²) >= 11 is 0. The first-order valence-corrected chi connectivity index (χ1v) is 9.78. The molecule has 0 radical (unpaired) electrons. The number of carbonyl (C=O) groups is 3. The topological polar surface area (TPSA) is 163 Å². The second kappa shape index (κ2) is 9.34. The number of aliphatic carboxylic acids is 2. The lowest BCUT2D eigenvalue weighted by molar-refractivity contribution is -0.149. The van der Waals surface area contributed by atoms with Crippen LogP contribution in [0.3, 0.4) is 0 Å². The second-order valence-corrected chi connectivity index (χ2v) is 7.91. The SMILES string of the molecule is CN1ON=C(OCCC(=O)N(CC(=O)O)CC(=O)O)C1S(=O)(=O)c1ccccc1. The number of ether oxygens (including phenoxy) is 1. The fraction of sp³-hybridized carbons (Fsp3) is 0.375. The quantitative estimate of drug-likeness (QED) is 0.517. The van der Waals surface area contributed by atoms with Crippen LogP contribution in [0.5, 0.6) is 0 Å². The summed E-state index contributed by atoms with van der Waals surface area (Å²) in [5.41, 5.74) is 0. The number of hydroxylamine groups is 2. The Labute approximate surface area is 165 Å². The van der Waals surface area contributed by atoms with E-state index < -0.39 is 46.1 Å². The molecule has 0 bridgehead atoms. The van der Waals surface area contributed by atoms with Crippen LogP contribution in [0, 0.1) is 0 Å². The number of amides is 1. The van der Waals surface area contributed by atoms with E-state index in [1.807, 2.05) is 0 Å². The highest BCUT2D eigenvalue weighted by atomic mass is 32.2. The molecule has 1 aliphatic heterocycles. The number of nitrogens with zero attached hydrogens (tertiary/aromatic N) is 3. The number of likely N-dealkylation sites (N-methyl/N-ethyl adjacent to an activating group) is 1. The van der Waals surface area contributed by atoms with Crippen molar-refractivity contribution in [1.82, 2.24) is 9.96 Å².